The molecule has 98 valence electrons. The maximum atomic E-state index is 3.87. The summed E-state index contributed by atoms with van der Waals surface area (Å²) in [5.41, 5.74) is 0.543. The molecule has 1 N–H and O–H groups in total. The zero-order valence-corrected chi connectivity index (χ0v) is 11.9. The summed E-state index contributed by atoms with van der Waals surface area (Å²) in [5, 5.41) is 3.87. The van der Waals surface area contributed by atoms with Crippen molar-refractivity contribution < 1.29 is 0 Å². The van der Waals surface area contributed by atoms with Gasteiger partial charge in [-0.25, -0.2) is 0 Å². The Kier molecular flexibility index (Phi) is 3.69. The van der Waals surface area contributed by atoms with Gasteiger partial charge in [-0.2, -0.15) is 11.8 Å². The normalized spacial score (nSPS) is 33.4. The number of hydrogen-bond acceptors (Lipinski definition) is 3. The predicted molar refractivity (Wildman–Crippen MR) is 75.7 cm³/mol. The summed E-state index contributed by atoms with van der Waals surface area (Å²) in [6.45, 7) is 3.90. The van der Waals surface area contributed by atoms with Crippen LogP contribution in [0.4, 0.5) is 0 Å². The first-order valence-corrected chi connectivity index (χ1v) is 8.71. The zero-order chi connectivity index (χ0) is 11.7. The Morgan fingerprint density at radius 3 is 2.71 bits per heavy atom. The SMILES string of the molecule is CSCCN1CC(C2CC2)NCC12CCCC2. The lowest BCUT2D eigenvalue weighted by molar-refractivity contribution is 0.0444. The van der Waals surface area contributed by atoms with E-state index in [0.717, 1.165) is 12.0 Å². The maximum absolute atomic E-state index is 3.87. The Bertz CT molecular complexity index is 259. The monoisotopic (exact) mass is 254 g/mol. The topological polar surface area (TPSA) is 15.3 Å². The molecular weight excluding hydrogens is 228 g/mol. The number of thioether (sulfide) groups is 1. The van der Waals surface area contributed by atoms with Gasteiger partial charge in [0.15, 0.2) is 0 Å². The first-order chi connectivity index (χ1) is 8.34. The first kappa shape index (κ1) is 12.3. The highest BCUT2D eigenvalue weighted by molar-refractivity contribution is 7.98. The predicted octanol–water partition coefficient (Wildman–Crippen LogP) is 2.35. The third-order valence-electron chi connectivity index (χ3n) is 5.07. The van der Waals surface area contributed by atoms with Gasteiger partial charge in [-0.3, -0.25) is 4.90 Å². The average Bonchev–Trinajstić information content (AvgIpc) is 3.10. The molecule has 3 fully saturated rings. The van der Waals surface area contributed by atoms with Crippen molar-refractivity contribution in [2.75, 3.05) is 31.6 Å². The molecule has 3 rings (SSSR count). The minimum Gasteiger partial charge on any atom is -0.311 e. The van der Waals surface area contributed by atoms with E-state index in [1.807, 2.05) is 11.8 Å². The van der Waals surface area contributed by atoms with Crippen LogP contribution in [0.3, 0.4) is 0 Å². The molecule has 17 heavy (non-hydrogen) atoms. The zero-order valence-electron chi connectivity index (χ0n) is 11.1. The quantitative estimate of drug-likeness (QED) is 0.829. The summed E-state index contributed by atoms with van der Waals surface area (Å²) < 4.78 is 0. The van der Waals surface area contributed by atoms with Crippen LogP contribution in [-0.4, -0.2) is 48.1 Å². The van der Waals surface area contributed by atoms with Crippen LogP contribution in [0.5, 0.6) is 0 Å². The summed E-state index contributed by atoms with van der Waals surface area (Å²) >= 11 is 2.00. The molecule has 1 saturated heterocycles. The van der Waals surface area contributed by atoms with E-state index in [-0.39, 0.29) is 0 Å². The third kappa shape index (κ3) is 2.52. The van der Waals surface area contributed by atoms with Crippen LogP contribution in [0, 0.1) is 5.92 Å². The van der Waals surface area contributed by atoms with Crippen LogP contribution >= 0.6 is 11.8 Å². The van der Waals surface area contributed by atoms with Crippen molar-refractivity contribution in [1.29, 1.82) is 0 Å². The largest absolute Gasteiger partial charge is 0.311 e. The van der Waals surface area contributed by atoms with Gasteiger partial charge in [-0.05, 0) is 37.9 Å². The lowest BCUT2D eigenvalue weighted by Crippen LogP contribution is -2.64. The van der Waals surface area contributed by atoms with Crippen molar-refractivity contribution in [2.24, 2.45) is 5.92 Å². The van der Waals surface area contributed by atoms with Crippen LogP contribution in [0.15, 0.2) is 0 Å². The van der Waals surface area contributed by atoms with E-state index in [0.29, 0.717) is 5.54 Å². The average molecular weight is 254 g/mol. The van der Waals surface area contributed by atoms with Crippen LogP contribution in [0.1, 0.15) is 38.5 Å². The van der Waals surface area contributed by atoms with Gasteiger partial charge in [0.1, 0.15) is 0 Å². The molecular formula is C14H26N2S. The highest BCUT2D eigenvalue weighted by atomic mass is 32.2. The molecule has 0 aromatic rings. The van der Waals surface area contributed by atoms with Crippen molar-refractivity contribution in [3.8, 4) is 0 Å². The van der Waals surface area contributed by atoms with E-state index in [1.54, 1.807) is 0 Å². The standard InChI is InChI=1S/C14H26N2S/c1-17-9-8-16-10-13(12-4-5-12)15-11-14(16)6-2-3-7-14/h12-13,15H,2-11H2,1H3. The molecule has 0 aromatic heterocycles. The molecule has 3 heteroatoms. The fourth-order valence-corrected chi connectivity index (χ4v) is 4.20. The Labute approximate surface area is 110 Å². The molecule has 2 nitrogen and oxygen atoms in total. The van der Waals surface area contributed by atoms with Gasteiger partial charge < -0.3 is 5.32 Å². The van der Waals surface area contributed by atoms with Crippen molar-refractivity contribution in [3.05, 3.63) is 0 Å². The number of piperazine rings is 1. The van der Waals surface area contributed by atoms with Crippen LogP contribution in [0.2, 0.25) is 0 Å². The second-order valence-electron chi connectivity index (χ2n) is 6.20. The number of hydrogen-bond donors (Lipinski definition) is 1. The van der Waals surface area contributed by atoms with E-state index >= 15 is 0 Å². The first-order valence-electron chi connectivity index (χ1n) is 7.31. The van der Waals surface area contributed by atoms with Crippen molar-refractivity contribution >= 4 is 11.8 Å². The van der Waals surface area contributed by atoms with E-state index in [2.05, 4.69) is 16.5 Å². The second kappa shape index (κ2) is 5.10. The van der Waals surface area contributed by atoms with Gasteiger partial charge in [0.2, 0.25) is 0 Å². The fraction of sp³-hybridized carbons (Fsp3) is 1.00. The van der Waals surface area contributed by atoms with E-state index in [4.69, 9.17) is 0 Å². The molecule has 2 saturated carbocycles. The molecule has 0 bridgehead atoms. The Balaban J connectivity index is 1.66. The minimum atomic E-state index is 0.543. The molecule has 2 aliphatic carbocycles. The molecule has 1 unspecified atom stereocenters. The van der Waals surface area contributed by atoms with Crippen LogP contribution in [0.25, 0.3) is 0 Å². The summed E-state index contributed by atoms with van der Waals surface area (Å²) in [4.78, 5) is 2.86. The summed E-state index contributed by atoms with van der Waals surface area (Å²) in [5.74, 6) is 2.31. The van der Waals surface area contributed by atoms with Gasteiger partial charge in [-0.15, -0.1) is 0 Å². The van der Waals surface area contributed by atoms with Crippen molar-refractivity contribution in [3.63, 3.8) is 0 Å². The number of nitrogens with one attached hydrogen (secondary N) is 1. The highest BCUT2D eigenvalue weighted by Crippen LogP contribution is 2.41. The number of rotatable bonds is 4. The molecule has 1 atom stereocenters. The van der Waals surface area contributed by atoms with E-state index in [9.17, 15) is 0 Å². The smallest absolute Gasteiger partial charge is 0.0335 e. The second-order valence-corrected chi connectivity index (χ2v) is 7.18. The molecule has 0 aromatic carbocycles. The Hall–Kier alpha value is 0.270. The van der Waals surface area contributed by atoms with Gasteiger partial charge in [0.25, 0.3) is 0 Å². The lowest BCUT2D eigenvalue weighted by atomic mass is 9.90. The van der Waals surface area contributed by atoms with Gasteiger partial charge in [0, 0.05) is 37.0 Å². The van der Waals surface area contributed by atoms with Crippen molar-refractivity contribution in [2.45, 2.75) is 50.1 Å². The van der Waals surface area contributed by atoms with Gasteiger partial charge >= 0.3 is 0 Å². The fourth-order valence-electron chi connectivity index (χ4n) is 3.80. The maximum Gasteiger partial charge on any atom is 0.0335 e. The molecule has 0 radical (unpaired) electrons. The molecule has 0 amide bonds. The van der Waals surface area contributed by atoms with Gasteiger partial charge in [-0.1, -0.05) is 12.8 Å². The molecule has 1 aliphatic heterocycles. The summed E-state index contributed by atoms with van der Waals surface area (Å²) in [6.07, 6.45) is 11.0. The van der Waals surface area contributed by atoms with Crippen LogP contribution < -0.4 is 5.32 Å². The van der Waals surface area contributed by atoms with Crippen LogP contribution in [-0.2, 0) is 0 Å². The highest BCUT2D eigenvalue weighted by Gasteiger charge is 2.45. The molecule has 3 aliphatic rings. The summed E-state index contributed by atoms with van der Waals surface area (Å²) in [7, 11) is 0. The van der Waals surface area contributed by atoms with Crippen molar-refractivity contribution in [1.82, 2.24) is 10.2 Å². The minimum absolute atomic E-state index is 0.543. The molecule has 1 heterocycles. The third-order valence-corrected chi connectivity index (χ3v) is 5.66. The van der Waals surface area contributed by atoms with E-state index in [1.165, 1.54) is 63.9 Å². The van der Waals surface area contributed by atoms with Gasteiger partial charge in [0.05, 0.1) is 0 Å². The lowest BCUT2D eigenvalue weighted by Gasteiger charge is -2.48. The summed E-state index contributed by atoms with van der Waals surface area (Å²) in [6, 6.07) is 0.808. The van der Waals surface area contributed by atoms with E-state index < -0.39 is 0 Å². The number of nitrogens with zero attached hydrogens (tertiary/aromatic N) is 1. The Morgan fingerprint density at radius 2 is 2.06 bits per heavy atom. The molecule has 1 spiro atoms. The Morgan fingerprint density at radius 1 is 1.29 bits per heavy atom.